The lowest BCUT2D eigenvalue weighted by Gasteiger charge is -2.14. The second-order valence-electron chi connectivity index (χ2n) is 5.17. The lowest BCUT2D eigenvalue weighted by molar-refractivity contribution is -0.113. The van der Waals surface area contributed by atoms with E-state index in [1.54, 1.807) is 13.2 Å². The van der Waals surface area contributed by atoms with E-state index in [9.17, 15) is 4.79 Å². The molecule has 2 aromatic rings. The molecule has 1 amide bonds. The Kier molecular flexibility index (Phi) is 4.21. The van der Waals surface area contributed by atoms with Crippen molar-refractivity contribution in [1.82, 2.24) is 0 Å². The number of carbonyl (C=O) groups excluding carboxylic acids is 1. The Balaban J connectivity index is 1.88. The molecule has 0 bridgehead atoms. The zero-order chi connectivity index (χ0) is 16.4. The van der Waals surface area contributed by atoms with Crippen molar-refractivity contribution in [2.24, 2.45) is 0 Å². The van der Waals surface area contributed by atoms with Crippen LogP contribution >= 0.6 is 11.8 Å². The third kappa shape index (κ3) is 3.14. The van der Waals surface area contributed by atoms with E-state index in [-0.39, 0.29) is 11.1 Å². The van der Waals surface area contributed by atoms with Crippen molar-refractivity contribution in [2.45, 2.75) is 6.92 Å². The number of thioether (sulfide) groups is 1. The molecule has 2 aromatic carbocycles. The smallest absolute Gasteiger partial charge is 0.271 e. The highest BCUT2D eigenvalue weighted by molar-refractivity contribution is 8.19. The van der Waals surface area contributed by atoms with Gasteiger partial charge in [0.15, 0.2) is 5.17 Å². The zero-order valence-electron chi connectivity index (χ0n) is 12.9. The van der Waals surface area contributed by atoms with Crippen molar-refractivity contribution >= 4 is 34.6 Å². The van der Waals surface area contributed by atoms with Crippen molar-refractivity contribution in [3.8, 4) is 5.75 Å². The summed E-state index contributed by atoms with van der Waals surface area (Å²) in [7, 11) is 1.62. The summed E-state index contributed by atoms with van der Waals surface area (Å²) < 4.78 is 5.13. The number of amidine groups is 1. The Labute approximate surface area is 139 Å². The van der Waals surface area contributed by atoms with Crippen molar-refractivity contribution in [1.29, 1.82) is 5.41 Å². The van der Waals surface area contributed by atoms with Gasteiger partial charge in [-0.3, -0.25) is 15.1 Å². The summed E-state index contributed by atoms with van der Waals surface area (Å²) >= 11 is 1.18. The van der Waals surface area contributed by atoms with Crippen LogP contribution in [-0.4, -0.2) is 18.2 Å². The maximum atomic E-state index is 12.6. The number of ether oxygens (including phenoxy) is 1. The first-order valence-corrected chi connectivity index (χ1v) is 7.93. The molecule has 1 aliphatic rings. The lowest BCUT2D eigenvalue weighted by Crippen LogP contribution is -2.28. The molecule has 0 unspecified atom stereocenters. The Morgan fingerprint density at radius 1 is 1.09 bits per heavy atom. The van der Waals surface area contributed by atoms with Crippen LogP contribution in [-0.2, 0) is 4.79 Å². The molecule has 0 spiro atoms. The Morgan fingerprint density at radius 2 is 1.74 bits per heavy atom. The molecule has 4 nitrogen and oxygen atoms in total. The fourth-order valence-corrected chi connectivity index (χ4v) is 3.13. The van der Waals surface area contributed by atoms with Crippen LogP contribution in [0.4, 0.5) is 5.69 Å². The highest BCUT2D eigenvalue weighted by Crippen LogP contribution is 2.35. The van der Waals surface area contributed by atoms with Gasteiger partial charge in [0.2, 0.25) is 0 Å². The average Bonchev–Trinajstić information content (AvgIpc) is 2.83. The summed E-state index contributed by atoms with van der Waals surface area (Å²) in [4.78, 5) is 14.6. The van der Waals surface area contributed by atoms with E-state index in [0.717, 1.165) is 22.6 Å². The van der Waals surface area contributed by atoms with Gasteiger partial charge >= 0.3 is 0 Å². The van der Waals surface area contributed by atoms with E-state index >= 15 is 0 Å². The highest BCUT2D eigenvalue weighted by atomic mass is 32.2. The van der Waals surface area contributed by atoms with Gasteiger partial charge in [0.05, 0.1) is 17.7 Å². The van der Waals surface area contributed by atoms with Crippen molar-refractivity contribution < 1.29 is 9.53 Å². The van der Waals surface area contributed by atoms with Crippen LogP contribution in [0.15, 0.2) is 53.4 Å². The number of carbonyl (C=O) groups is 1. The summed E-state index contributed by atoms with van der Waals surface area (Å²) in [6, 6.07) is 15.1. The number of amides is 1. The largest absolute Gasteiger partial charge is 0.497 e. The monoisotopic (exact) mass is 324 g/mol. The van der Waals surface area contributed by atoms with Gasteiger partial charge in [-0.1, -0.05) is 29.8 Å². The van der Waals surface area contributed by atoms with Crippen molar-refractivity contribution in [2.75, 3.05) is 12.0 Å². The van der Waals surface area contributed by atoms with E-state index in [1.807, 2.05) is 55.5 Å². The van der Waals surface area contributed by atoms with E-state index < -0.39 is 0 Å². The summed E-state index contributed by atoms with van der Waals surface area (Å²) in [6.45, 7) is 1.99. The summed E-state index contributed by atoms with van der Waals surface area (Å²) in [6.07, 6.45) is 1.80. The molecule has 1 aliphatic heterocycles. The first-order valence-electron chi connectivity index (χ1n) is 7.12. The molecule has 0 saturated carbocycles. The maximum Gasteiger partial charge on any atom is 0.271 e. The van der Waals surface area contributed by atoms with Gasteiger partial charge in [-0.25, -0.2) is 0 Å². The second kappa shape index (κ2) is 6.30. The van der Waals surface area contributed by atoms with E-state index in [4.69, 9.17) is 10.1 Å². The number of methoxy groups -OCH3 is 1. The fraction of sp³-hybridized carbons (Fsp3) is 0.111. The highest BCUT2D eigenvalue weighted by Gasteiger charge is 2.33. The first kappa shape index (κ1) is 15.4. The molecule has 0 radical (unpaired) electrons. The van der Waals surface area contributed by atoms with Gasteiger partial charge in [-0.2, -0.15) is 0 Å². The molecule has 0 aromatic heterocycles. The van der Waals surface area contributed by atoms with Crippen LogP contribution in [0.1, 0.15) is 11.1 Å². The Bertz CT molecular complexity index is 780. The second-order valence-corrected chi connectivity index (χ2v) is 6.20. The Morgan fingerprint density at radius 3 is 2.35 bits per heavy atom. The number of benzene rings is 2. The van der Waals surface area contributed by atoms with Gasteiger partial charge in [-0.15, -0.1) is 0 Å². The molecule has 116 valence electrons. The molecule has 5 heteroatoms. The minimum atomic E-state index is -0.167. The number of nitrogens with zero attached hydrogens (tertiary/aromatic N) is 1. The van der Waals surface area contributed by atoms with Crippen molar-refractivity contribution in [3.63, 3.8) is 0 Å². The van der Waals surface area contributed by atoms with Crippen LogP contribution < -0.4 is 9.64 Å². The molecule has 1 N–H and O–H groups in total. The number of rotatable bonds is 3. The Hall–Kier alpha value is -2.53. The normalized spacial score (nSPS) is 16.3. The quantitative estimate of drug-likeness (QED) is 0.866. The van der Waals surface area contributed by atoms with Gasteiger partial charge in [0, 0.05) is 0 Å². The van der Waals surface area contributed by atoms with Crippen LogP contribution in [0.2, 0.25) is 0 Å². The minimum absolute atomic E-state index is 0.167. The van der Waals surface area contributed by atoms with Crippen LogP contribution in [0.25, 0.3) is 6.08 Å². The zero-order valence-corrected chi connectivity index (χ0v) is 13.7. The first-order chi connectivity index (χ1) is 11.1. The number of nitrogens with one attached hydrogen (secondary N) is 1. The standard InChI is InChI=1S/C18H16N2O2S/c1-12-3-7-14(8-4-12)20-17(21)16(23-18(20)19)11-13-5-9-15(22-2)10-6-13/h3-11,19H,1-2H3/b16-11-,19-18?. The van der Waals surface area contributed by atoms with E-state index in [0.29, 0.717) is 4.91 Å². The van der Waals surface area contributed by atoms with Crippen LogP contribution in [0.5, 0.6) is 5.75 Å². The summed E-state index contributed by atoms with van der Waals surface area (Å²) in [5.41, 5.74) is 2.74. The molecule has 23 heavy (non-hydrogen) atoms. The lowest BCUT2D eigenvalue weighted by atomic mass is 10.2. The maximum absolute atomic E-state index is 12.6. The molecule has 3 rings (SSSR count). The summed E-state index contributed by atoms with van der Waals surface area (Å²) in [5.74, 6) is 0.603. The number of hydrogen-bond acceptors (Lipinski definition) is 4. The third-order valence-electron chi connectivity index (χ3n) is 3.53. The van der Waals surface area contributed by atoms with Crippen LogP contribution in [0, 0.1) is 12.3 Å². The fourth-order valence-electron chi connectivity index (χ4n) is 2.27. The number of anilines is 1. The minimum Gasteiger partial charge on any atom is -0.497 e. The molecular formula is C18H16N2O2S. The molecular weight excluding hydrogens is 308 g/mol. The SMILES string of the molecule is COc1ccc(/C=C2\SC(=N)N(c3ccc(C)cc3)C2=O)cc1. The molecule has 1 heterocycles. The van der Waals surface area contributed by atoms with Gasteiger partial charge in [-0.05, 0) is 54.6 Å². The predicted molar refractivity (Wildman–Crippen MR) is 95.0 cm³/mol. The predicted octanol–water partition coefficient (Wildman–Crippen LogP) is 4.06. The van der Waals surface area contributed by atoms with Gasteiger partial charge in [0.25, 0.3) is 5.91 Å². The van der Waals surface area contributed by atoms with E-state index in [2.05, 4.69) is 0 Å². The molecule has 0 atom stereocenters. The topological polar surface area (TPSA) is 53.4 Å². The van der Waals surface area contributed by atoms with Crippen LogP contribution in [0.3, 0.4) is 0 Å². The summed E-state index contributed by atoms with van der Waals surface area (Å²) in [5, 5.41) is 8.32. The number of aryl methyl sites for hydroxylation is 1. The third-order valence-corrected chi connectivity index (χ3v) is 4.42. The number of hydrogen-bond donors (Lipinski definition) is 1. The average molecular weight is 324 g/mol. The molecule has 1 fully saturated rings. The van der Waals surface area contributed by atoms with E-state index in [1.165, 1.54) is 16.7 Å². The van der Waals surface area contributed by atoms with Gasteiger partial charge in [0.1, 0.15) is 5.75 Å². The molecule has 0 aliphatic carbocycles. The van der Waals surface area contributed by atoms with Crippen molar-refractivity contribution in [3.05, 3.63) is 64.6 Å². The molecule has 1 saturated heterocycles. The van der Waals surface area contributed by atoms with Gasteiger partial charge < -0.3 is 4.74 Å².